The van der Waals surface area contributed by atoms with E-state index in [-0.39, 0.29) is 17.0 Å². The van der Waals surface area contributed by atoms with Crippen LogP contribution in [0.5, 0.6) is 5.75 Å². The van der Waals surface area contributed by atoms with Crippen molar-refractivity contribution in [3.63, 3.8) is 0 Å². The largest absolute Gasteiger partial charge is 0.507 e. The molecule has 2 N–H and O–H groups in total. The average molecular weight is 320 g/mol. The smallest absolute Gasteiger partial charge is 0.275 e. The molecule has 0 aliphatic heterocycles. The molecule has 0 saturated carbocycles. The maximum Gasteiger partial charge on any atom is 0.275 e. The monoisotopic (exact) mass is 319 g/mol. The normalized spacial score (nSPS) is 10.6. The molecular weight excluding hydrogens is 310 g/mol. The first-order chi connectivity index (χ1) is 10.5. The average Bonchev–Trinajstić information content (AvgIpc) is 2.50. The predicted molar refractivity (Wildman–Crippen MR) is 81.3 cm³/mol. The van der Waals surface area contributed by atoms with Gasteiger partial charge in [-0.15, -0.1) is 0 Å². The van der Waals surface area contributed by atoms with Crippen molar-refractivity contribution in [1.82, 2.24) is 5.43 Å². The van der Waals surface area contributed by atoms with E-state index in [0.717, 1.165) is 0 Å². The van der Waals surface area contributed by atoms with E-state index in [1.54, 1.807) is 0 Å². The van der Waals surface area contributed by atoms with Crippen LogP contribution in [0, 0.1) is 10.1 Å². The van der Waals surface area contributed by atoms with Crippen LogP contribution in [0.4, 0.5) is 5.69 Å². The van der Waals surface area contributed by atoms with Crippen molar-refractivity contribution in [2.75, 3.05) is 0 Å². The third-order valence-electron chi connectivity index (χ3n) is 2.69. The van der Waals surface area contributed by atoms with Crippen LogP contribution in [0.1, 0.15) is 15.9 Å². The second kappa shape index (κ2) is 6.68. The lowest BCUT2D eigenvalue weighted by atomic mass is 10.2. The SMILES string of the molecule is O=C(NN=Cc1ccc([N+](=O)[O-])cc1)c1cc(Cl)ccc1O. The van der Waals surface area contributed by atoms with Crippen LogP contribution in [-0.4, -0.2) is 22.2 Å². The molecule has 0 bridgehead atoms. The highest BCUT2D eigenvalue weighted by molar-refractivity contribution is 6.31. The number of hydrogen-bond acceptors (Lipinski definition) is 5. The molecule has 8 heteroatoms. The molecule has 22 heavy (non-hydrogen) atoms. The molecule has 0 saturated heterocycles. The van der Waals surface area contributed by atoms with Crippen molar-refractivity contribution in [3.05, 3.63) is 68.7 Å². The minimum Gasteiger partial charge on any atom is -0.507 e. The van der Waals surface area contributed by atoms with Gasteiger partial charge in [0.1, 0.15) is 5.75 Å². The number of benzene rings is 2. The van der Waals surface area contributed by atoms with Crippen LogP contribution < -0.4 is 5.43 Å². The van der Waals surface area contributed by atoms with Crippen LogP contribution in [0.3, 0.4) is 0 Å². The molecule has 2 aromatic rings. The molecule has 0 aliphatic carbocycles. The van der Waals surface area contributed by atoms with Crippen molar-refractivity contribution >= 4 is 29.4 Å². The Morgan fingerprint density at radius 3 is 2.59 bits per heavy atom. The van der Waals surface area contributed by atoms with Crippen LogP contribution in [0.15, 0.2) is 47.6 Å². The molecule has 0 aliphatic rings. The van der Waals surface area contributed by atoms with Crippen molar-refractivity contribution in [3.8, 4) is 5.75 Å². The number of carbonyl (C=O) groups is 1. The molecule has 0 unspecified atom stereocenters. The Bertz CT molecular complexity index is 744. The van der Waals surface area contributed by atoms with Gasteiger partial charge in [0.15, 0.2) is 0 Å². The third kappa shape index (κ3) is 3.80. The van der Waals surface area contributed by atoms with Crippen molar-refractivity contribution in [1.29, 1.82) is 0 Å². The third-order valence-corrected chi connectivity index (χ3v) is 2.92. The fourth-order valence-electron chi connectivity index (χ4n) is 1.60. The van der Waals surface area contributed by atoms with Gasteiger partial charge in [-0.1, -0.05) is 11.6 Å². The lowest BCUT2D eigenvalue weighted by molar-refractivity contribution is -0.384. The minimum absolute atomic E-state index is 0.00616. The van der Waals surface area contributed by atoms with Gasteiger partial charge in [0.2, 0.25) is 0 Å². The van der Waals surface area contributed by atoms with Gasteiger partial charge in [-0.3, -0.25) is 14.9 Å². The summed E-state index contributed by atoms with van der Waals surface area (Å²) in [5.41, 5.74) is 2.76. The first kappa shape index (κ1) is 15.5. The Morgan fingerprint density at radius 1 is 1.27 bits per heavy atom. The summed E-state index contributed by atoms with van der Waals surface area (Å²) in [7, 11) is 0. The summed E-state index contributed by atoms with van der Waals surface area (Å²) >= 11 is 5.75. The van der Waals surface area contributed by atoms with E-state index in [2.05, 4.69) is 10.5 Å². The molecule has 112 valence electrons. The molecular formula is C14H10ClN3O4. The Labute approximate surface area is 130 Å². The number of phenolic OH excluding ortho intramolecular Hbond substituents is 1. The van der Waals surface area contributed by atoms with Crippen LogP contribution in [-0.2, 0) is 0 Å². The Balaban J connectivity index is 2.04. The Kier molecular flexibility index (Phi) is 4.70. The Morgan fingerprint density at radius 2 is 1.95 bits per heavy atom. The number of carbonyl (C=O) groups excluding carboxylic acids is 1. The molecule has 2 aromatic carbocycles. The fourth-order valence-corrected chi connectivity index (χ4v) is 1.77. The maximum absolute atomic E-state index is 11.8. The van der Waals surface area contributed by atoms with Crippen LogP contribution >= 0.6 is 11.6 Å². The second-order valence-electron chi connectivity index (χ2n) is 4.21. The summed E-state index contributed by atoms with van der Waals surface area (Å²) in [6.07, 6.45) is 1.32. The first-order valence-electron chi connectivity index (χ1n) is 6.04. The lowest BCUT2D eigenvalue weighted by Crippen LogP contribution is -2.17. The number of phenols is 1. The highest BCUT2D eigenvalue weighted by atomic mass is 35.5. The number of hydrazone groups is 1. The predicted octanol–water partition coefficient (Wildman–Crippen LogP) is 2.72. The number of hydrogen-bond donors (Lipinski definition) is 2. The van der Waals surface area contributed by atoms with Gasteiger partial charge < -0.3 is 5.11 Å². The lowest BCUT2D eigenvalue weighted by Gasteiger charge is -2.03. The van der Waals surface area contributed by atoms with E-state index in [9.17, 15) is 20.0 Å². The van der Waals surface area contributed by atoms with Crippen molar-refractivity contribution in [2.45, 2.75) is 0 Å². The summed E-state index contributed by atoms with van der Waals surface area (Å²) in [5.74, 6) is -0.842. The van der Waals surface area contributed by atoms with E-state index < -0.39 is 10.8 Å². The number of non-ortho nitro benzene ring substituents is 1. The molecule has 0 heterocycles. The summed E-state index contributed by atoms with van der Waals surface area (Å²) in [6, 6.07) is 9.70. The molecule has 0 aromatic heterocycles. The van der Waals surface area contributed by atoms with Gasteiger partial charge in [-0.25, -0.2) is 5.43 Å². The quantitative estimate of drug-likeness (QED) is 0.513. The van der Waals surface area contributed by atoms with E-state index in [1.807, 2.05) is 0 Å². The fraction of sp³-hybridized carbons (Fsp3) is 0. The number of nitro benzene ring substituents is 1. The molecule has 2 rings (SSSR count). The van der Waals surface area contributed by atoms with Gasteiger partial charge in [0.05, 0.1) is 16.7 Å². The summed E-state index contributed by atoms with van der Waals surface area (Å²) < 4.78 is 0. The highest BCUT2D eigenvalue weighted by Crippen LogP contribution is 2.21. The summed E-state index contributed by atoms with van der Waals surface area (Å²) in [4.78, 5) is 21.8. The minimum atomic E-state index is -0.627. The van der Waals surface area contributed by atoms with Gasteiger partial charge in [0, 0.05) is 17.2 Å². The molecule has 0 atom stereocenters. The first-order valence-corrected chi connectivity index (χ1v) is 6.41. The molecule has 1 amide bonds. The van der Waals surface area contributed by atoms with Crippen molar-refractivity contribution in [2.24, 2.45) is 5.10 Å². The Hall–Kier alpha value is -2.93. The molecule has 0 spiro atoms. The number of amides is 1. The second-order valence-corrected chi connectivity index (χ2v) is 4.65. The summed E-state index contributed by atoms with van der Waals surface area (Å²) in [5, 5.41) is 24.1. The topological polar surface area (TPSA) is 105 Å². The molecule has 7 nitrogen and oxygen atoms in total. The van der Waals surface area contributed by atoms with Crippen LogP contribution in [0.2, 0.25) is 5.02 Å². The van der Waals surface area contributed by atoms with E-state index in [0.29, 0.717) is 10.6 Å². The van der Waals surface area contributed by atoms with E-state index >= 15 is 0 Å². The van der Waals surface area contributed by atoms with Crippen molar-refractivity contribution < 1.29 is 14.8 Å². The van der Waals surface area contributed by atoms with Gasteiger partial charge in [-0.2, -0.15) is 5.10 Å². The standard InChI is InChI=1S/C14H10ClN3O4/c15-10-3-6-13(19)12(7-10)14(20)17-16-8-9-1-4-11(5-2-9)18(21)22/h1-8,19H,(H,17,20). The number of rotatable bonds is 4. The zero-order valence-electron chi connectivity index (χ0n) is 11.1. The van der Waals surface area contributed by atoms with Gasteiger partial charge in [-0.05, 0) is 35.9 Å². The van der Waals surface area contributed by atoms with Crippen LogP contribution in [0.25, 0.3) is 0 Å². The number of nitro groups is 1. The summed E-state index contributed by atoms with van der Waals surface area (Å²) in [6.45, 7) is 0. The number of nitrogens with one attached hydrogen (secondary N) is 1. The number of nitrogens with zero attached hydrogens (tertiary/aromatic N) is 2. The maximum atomic E-state index is 11.8. The molecule has 0 fully saturated rings. The van der Waals surface area contributed by atoms with Gasteiger partial charge >= 0.3 is 0 Å². The molecule has 0 radical (unpaired) electrons. The van der Waals surface area contributed by atoms with Gasteiger partial charge in [0.25, 0.3) is 11.6 Å². The zero-order chi connectivity index (χ0) is 16.1. The number of halogens is 1. The number of aromatic hydroxyl groups is 1. The highest BCUT2D eigenvalue weighted by Gasteiger charge is 2.10. The van der Waals surface area contributed by atoms with E-state index in [4.69, 9.17) is 11.6 Å². The zero-order valence-corrected chi connectivity index (χ0v) is 11.8. The van der Waals surface area contributed by atoms with E-state index in [1.165, 1.54) is 48.7 Å².